The van der Waals surface area contributed by atoms with E-state index in [4.69, 9.17) is 4.74 Å². The van der Waals surface area contributed by atoms with Gasteiger partial charge in [-0.25, -0.2) is 0 Å². The summed E-state index contributed by atoms with van der Waals surface area (Å²) in [6.07, 6.45) is 3.19. The van der Waals surface area contributed by atoms with Gasteiger partial charge in [0.2, 0.25) is 0 Å². The van der Waals surface area contributed by atoms with Gasteiger partial charge in [0.05, 0.1) is 21.1 Å². The van der Waals surface area contributed by atoms with Crippen LogP contribution >= 0.6 is 0 Å². The Kier molecular flexibility index (Phi) is 4.34. The number of hydrogen-bond acceptors (Lipinski definition) is 3. The number of piperidine rings is 1. The minimum absolute atomic E-state index is 0.0253. The number of methoxy groups -OCH3 is 1. The Labute approximate surface area is 93.8 Å². The van der Waals surface area contributed by atoms with Crippen LogP contribution in [0.3, 0.4) is 0 Å². The monoisotopic (exact) mass is 229 g/mol. The van der Waals surface area contributed by atoms with Gasteiger partial charge < -0.3 is 9.64 Å². The maximum Gasteiger partial charge on any atom is 0.308 e. The van der Waals surface area contributed by atoms with Gasteiger partial charge in [-0.15, -0.1) is 0 Å². The molecule has 0 unspecified atom stereocenters. The van der Waals surface area contributed by atoms with Crippen LogP contribution < -0.4 is 0 Å². The van der Waals surface area contributed by atoms with E-state index in [1.54, 1.807) is 0 Å². The number of hydrogen-bond donors (Lipinski definition) is 0. The molecule has 0 aliphatic carbocycles. The van der Waals surface area contributed by atoms with Crippen molar-refractivity contribution < 1.29 is 9.53 Å². The molecule has 1 aliphatic heterocycles. The highest BCUT2D eigenvalue weighted by atomic mass is 28.3. The molecule has 1 fully saturated rings. The molecule has 4 heteroatoms. The van der Waals surface area contributed by atoms with Gasteiger partial charge in [0.1, 0.15) is 0 Å². The number of carbonyl (C=O) groups excluding carboxylic acids is 1. The summed E-state index contributed by atoms with van der Waals surface area (Å²) < 4.78 is 4.78. The lowest BCUT2D eigenvalue weighted by Gasteiger charge is -2.34. The molecule has 15 heavy (non-hydrogen) atoms. The van der Waals surface area contributed by atoms with E-state index in [0.29, 0.717) is 0 Å². The van der Waals surface area contributed by atoms with Gasteiger partial charge in [-0.3, -0.25) is 4.79 Å². The molecule has 1 rings (SSSR count). The summed E-state index contributed by atoms with van der Waals surface area (Å²) >= 11 is 0. The highest BCUT2D eigenvalue weighted by Gasteiger charge is 2.27. The van der Waals surface area contributed by atoms with Gasteiger partial charge in [0.25, 0.3) is 0 Å². The molecule has 1 saturated heterocycles. The van der Waals surface area contributed by atoms with Crippen molar-refractivity contribution in [1.29, 1.82) is 0 Å². The van der Waals surface area contributed by atoms with Gasteiger partial charge in [0, 0.05) is 0 Å². The van der Waals surface area contributed by atoms with Crippen molar-refractivity contribution >= 4 is 14.0 Å². The Morgan fingerprint density at radius 3 is 2.27 bits per heavy atom. The predicted molar refractivity (Wildman–Crippen MR) is 64.5 cm³/mol. The van der Waals surface area contributed by atoms with E-state index in [0.717, 1.165) is 25.9 Å². The molecule has 1 aliphatic rings. The number of nitrogens with zero attached hydrogens (tertiary/aromatic N) is 1. The summed E-state index contributed by atoms with van der Waals surface area (Å²) in [5, 5.41) is 0. The Morgan fingerprint density at radius 2 is 1.87 bits per heavy atom. The third kappa shape index (κ3) is 4.34. The molecular formula is C11H23NO2Si. The van der Waals surface area contributed by atoms with E-state index in [9.17, 15) is 4.79 Å². The molecule has 0 spiro atoms. The van der Waals surface area contributed by atoms with Crippen molar-refractivity contribution in [3.05, 3.63) is 0 Å². The Hall–Kier alpha value is -0.353. The smallest absolute Gasteiger partial charge is 0.308 e. The Balaban J connectivity index is 2.33. The molecule has 0 bridgehead atoms. The zero-order chi connectivity index (χ0) is 11.5. The SMILES string of the molecule is COC(=O)C1CCN(C[Si](C)(C)C)CC1. The Morgan fingerprint density at radius 1 is 1.33 bits per heavy atom. The highest BCUT2D eigenvalue weighted by molar-refractivity contribution is 6.76. The maximum absolute atomic E-state index is 11.3. The largest absolute Gasteiger partial charge is 0.469 e. The zero-order valence-corrected chi connectivity index (χ0v) is 11.4. The molecule has 0 aromatic heterocycles. The fourth-order valence-electron chi connectivity index (χ4n) is 2.16. The second-order valence-corrected chi connectivity index (χ2v) is 11.1. The second kappa shape index (κ2) is 5.12. The molecule has 88 valence electrons. The molecular weight excluding hydrogens is 206 g/mol. The van der Waals surface area contributed by atoms with Gasteiger partial charge in [-0.1, -0.05) is 19.6 Å². The first kappa shape index (κ1) is 12.7. The van der Waals surface area contributed by atoms with E-state index in [-0.39, 0.29) is 11.9 Å². The van der Waals surface area contributed by atoms with Crippen LogP contribution in [0.5, 0.6) is 0 Å². The topological polar surface area (TPSA) is 29.5 Å². The third-order valence-corrected chi connectivity index (χ3v) is 4.22. The molecule has 0 atom stereocenters. The van der Waals surface area contributed by atoms with E-state index < -0.39 is 8.07 Å². The molecule has 1 heterocycles. The normalized spacial score (nSPS) is 20.3. The number of likely N-dealkylation sites (tertiary alicyclic amines) is 1. The quantitative estimate of drug-likeness (QED) is 0.545. The molecule has 0 radical (unpaired) electrons. The standard InChI is InChI=1S/C11H23NO2Si/c1-14-11(13)10-5-7-12(8-6-10)9-15(2,3)4/h10H,5-9H2,1-4H3. The zero-order valence-electron chi connectivity index (χ0n) is 10.4. The fraction of sp³-hybridized carbons (Fsp3) is 0.909. The lowest BCUT2D eigenvalue weighted by Crippen LogP contribution is -2.45. The molecule has 3 nitrogen and oxygen atoms in total. The van der Waals surface area contributed by atoms with E-state index in [1.165, 1.54) is 13.3 Å². The van der Waals surface area contributed by atoms with Crippen molar-refractivity contribution in [2.45, 2.75) is 32.5 Å². The number of esters is 1. The van der Waals surface area contributed by atoms with E-state index in [1.807, 2.05) is 0 Å². The van der Waals surface area contributed by atoms with Crippen molar-refractivity contribution in [2.24, 2.45) is 5.92 Å². The summed E-state index contributed by atoms with van der Waals surface area (Å²) in [4.78, 5) is 13.8. The first-order valence-corrected chi connectivity index (χ1v) is 9.43. The Bertz CT molecular complexity index is 217. The molecule has 0 aromatic rings. The van der Waals surface area contributed by atoms with Crippen LogP contribution in [0, 0.1) is 5.92 Å². The van der Waals surface area contributed by atoms with Crippen LogP contribution in [0.2, 0.25) is 19.6 Å². The minimum Gasteiger partial charge on any atom is -0.469 e. The van der Waals surface area contributed by atoms with Crippen molar-refractivity contribution in [3.63, 3.8) is 0 Å². The van der Waals surface area contributed by atoms with Gasteiger partial charge in [-0.05, 0) is 32.1 Å². The summed E-state index contributed by atoms with van der Waals surface area (Å²) in [5.41, 5.74) is 0. The average molecular weight is 229 g/mol. The molecule has 0 aromatic carbocycles. The van der Waals surface area contributed by atoms with E-state index >= 15 is 0 Å². The summed E-state index contributed by atoms with van der Waals surface area (Å²) in [6, 6.07) is 0. The maximum atomic E-state index is 11.3. The van der Waals surface area contributed by atoms with Crippen LogP contribution in [0.1, 0.15) is 12.8 Å². The third-order valence-electron chi connectivity index (χ3n) is 2.82. The lowest BCUT2D eigenvalue weighted by molar-refractivity contribution is -0.146. The van der Waals surface area contributed by atoms with E-state index in [2.05, 4.69) is 24.5 Å². The van der Waals surface area contributed by atoms with Crippen LogP contribution in [-0.4, -0.2) is 45.3 Å². The molecule has 0 N–H and O–H groups in total. The number of rotatable bonds is 3. The van der Waals surface area contributed by atoms with Gasteiger partial charge in [-0.2, -0.15) is 0 Å². The summed E-state index contributed by atoms with van der Waals surface area (Å²) in [7, 11) is 0.491. The van der Waals surface area contributed by atoms with Gasteiger partial charge in [0.15, 0.2) is 0 Å². The van der Waals surface area contributed by atoms with Crippen LogP contribution in [0.4, 0.5) is 0 Å². The number of carbonyl (C=O) groups is 1. The first-order valence-electron chi connectivity index (χ1n) is 5.72. The fourth-order valence-corrected chi connectivity index (χ4v) is 3.82. The lowest BCUT2D eigenvalue weighted by atomic mass is 9.97. The van der Waals surface area contributed by atoms with Crippen LogP contribution in [0.25, 0.3) is 0 Å². The predicted octanol–water partition coefficient (Wildman–Crippen LogP) is 1.75. The molecule has 0 amide bonds. The van der Waals surface area contributed by atoms with Crippen LogP contribution in [-0.2, 0) is 9.53 Å². The van der Waals surface area contributed by atoms with Crippen LogP contribution in [0.15, 0.2) is 0 Å². The second-order valence-electron chi connectivity index (χ2n) is 5.63. The minimum atomic E-state index is -0.992. The summed E-state index contributed by atoms with van der Waals surface area (Å²) in [5.74, 6) is 0.121. The van der Waals surface area contributed by atoms with Crippen molar-refractivity contribution in [2.75, 3.05) is 26.4 Å². The van der Waals surface area contributed by atoms with Crippen molar-refractivity contribution in [3.8, 4) is 0 Å². The first-order chi connectivity index (χ1) is 6.92. The highest BCUT2D eigenvalue weighted by Crippen LogP contribution is 2.19. The molecule has 0 saturated carbocycles. The van der Waals surface area contributed by atoms with Crippen molar-refractivity contribution in [1.82, 2.24) is 4.90 Å². The van der Waals surface area contributed by atoms with Gasteiger partial charge >= 0.3 is 5.97 Å². The summed E-state index contributed by atoms with van der Waals surface area (Å²) in [6.45, 7) is 9.28. The number of ether oxygens (including phenoxy) is 1. The average Bonchev–Trinajstić information content (AvgIpc) is 2.15.